The summed E-state index contributed by atoms with van der Waals surface area (Å²) in [6.45, 7) is 8.85. The van der Waals surface area contributed by atoms with Crippen LogP contribution in [-0.4, -0.2) is 42.6 Å². The highest BCUT2D eigenvalue weighted by atomic mass is 16.5. The van der Waals surface area contributed by atoms with Crippen molar-refractivity contribution in [2.45, 2.75) is 39.2 Å². The Hall–Kier alpha value is -0.610. The van der Waals surface area contributed by atoms with Crippen LogP contribution in [0.2, 0.25) is 0 Å². The van der Waals surface area contributed by atoms with Gasteiger partial charge in [-0.2, -0.15) is 0 Å². The molecule has 1 heterocycles. The predicted octanol–water partition coefficient (Wildman–Crippen LogP) is 0.999. The van der Waals surface area contributed by atoms with Gasteiger partial charge >= 0.3 is 5.97 Å². The SMILES string of the molecule is CCOC(=O)C(C)(N)CN1CCCC(C)C1. The molecule has 1 saturated heterocycles. The Balaban J connectivity index is 2.47. The Morgan fingerprint density at radius 2 is 2.31 bits per heavy atom. The van der Waals surface area contributed by atoms with Crippen molar-refractivity contribution >= 4 is 5.97 Å². The van der Waals surface area contributed by atoms with Gasteiger partial charge in [-0.05, 0) is 39.2 Å². The van der Waals surface area contributed by atoms with Crippen LogP contribution in [0.4, 0.5) is 0 Å². The second-order valence-corrected chi connectivity index (χ2v) is 5.12. The number of nitrogens with zero attached hydrogens (tertiary/aromatic N) is 1. The van der Waals surface area contributed by atoms with Gasteiger partial charge in [-0.1, -0.05) is 6.92 Å². The van der Waals surface area contributed by atoms with Crippen molar-refractivity contribution in [3.63, 3.8) is 0 Å². The zero-order valence-corrected chi connectivity index (χ0v) is 10.7. The summed E-state index contributed by atoms with van der Waals surface area (Å²) in [5.74, 6) is 0.403. The Morgan fingerprint density at radius 1 is 1.62 bits per heavy atom. The molecule has 1 fully saturated rings. The Bertz CT molecular complexity index is 241. The largest absolute Gasteiger partial charge is 0.465 e. The maximum atomic E-state index is 11.6. The number of rotatable bonds is 4. The van der Waals surface area contributed by atoms with E-state index in [0.717, 1.165) is 13.1 Å². The lowest BCUT2D eigenvalue weighted by Gasteiger charge is -2.35. The zero-order chi connectivity index (χ0) is 12.2. The number of esters is 1. The van der Waals surface area contributed by atoms with Crippen molar-refractivity contribution in [3.8, 4) is 0 Å². The zero-order valence-electron chi connectivity index (χ0n) is 10.7. The number of hydrogen-bond donors (Lipinski definition) is 1. The van der Waals surface area contributed by atoms with Crippen LogP contribution in [-0.2, 0) is 9.53 Å². The molecule has 0 aromatic carbocycles. The molecule has 1 aliphatic rings. The molecule has 2 unspecified atom stereocenters. The molecule has 94 valence electrons. The van der Waals surface area contributed by atoms with E-state index < -0.39 is 5.54 Å². The van der Waals surface area contributed by atoms with Crippen LogP contribution < -0.4 is 5.73 Å². The highest BCUT2D eigenvalue weighted by Crippen LogP contribution is 2.17. The van der Waals surface area contributed by atoms with Gasteiger partial charge in [0.05, 0.1) is 6.61 Å². The van der Waals surface area contributed by atoms with E-state index in [9.17, 15) is 4.79 Å². The van der Waals surface area contributed by atoms with Crippen LogP contribution in [0.15, 0.2) is 0 Å². The Kier molecular flexibility index (Phi) is 4.74. The number of ether oxygens (including phenoxy) is 1. The first kappa shape index (κ1) is 13.5. The molecule has 0 saturated carbocycles. The average Bonchev–Trinajstić information content (AvgIpc) is 2.17. The molecule has 16 heavy (non-hydrogen) atoms. The molecular weight excluding hydrogens is 204 g/mol. The highest BCUT2D eigenvalue weighted by Gasteiger charge is 2.33. The van der Waals surface area contributed by atoms with Gasteiger partial charge in [0.15, 0.2) is 0 Å². The van der Waals surface area contributed by atoms with E-state index in [1.165, 1.54) is 12.8 Å². The van der Waals surface area contributed by atoms with Gasteiger partial charge in [-0.3, -0.25) is 4.79 Å². The summed E-state index contributed by atoms with van der Waals surface area (Å²) in [4.78, 5) is 13.9. The van der Waals surface area contributed by atoms with Gasteiger partial charge in [0.25, 0.3) is 0 Å². The molecule has 1 rings (SSSR count). The molecule has 0 aliphatic carbocycles. The first-order valence-corrected chi connectivity index (χ1v) is 6.14. The van der Waals surface area contributed by atoms with Gasteiger partial charge < -0.3 is 15.4 Å². The van der Waals surface area contributed by atoms with Crippen molar-refractivity contribution in [2.75, 3.05) is 26.2 Å². The van der Waals surface area contributed by atoms with Crippen LogP contribution in [0, 0.1) is 5.92 Å². The first-order valence-electron chi connectivity index (χ1n) is 6.14. The summed E-state index contributed by atoms with van der Waals surface area (Å²) < 4.78 is 4.98. The maximum absolute atomic E-state index is 11.6. The predicted molar refractivity (Wildman–Crippen MR) is 64.1 cm³/mol. The molecule has 0 amide bonds. The van der Waals surface area contributed by atoms with Gasteiger partial charge in [0.1, 0.15) is 5.54 Å². The minimum absolute atomic E-state index is 0.298. The van der Waals surface area contributed by atoms with Crippen molar-refractivity contribution in [1.82, 2.24) is 4.90 Å². The van der Waals surface area contributed by atoms with Crippen molar-refractivity contribution in [2.24, 2.45) is 11.7 Å². The van der Waals surface area contributed by atoms with Crippen LogP contribution >= 0.6 is 0 Å². The summed E-state index contributed by atoms with van der Waals surface area (Å²) in [7, 11) is 0. The van der Waals surface area contributed by atoms with Gasteiger partial charge in [0.2, 0.25) is 0 Å². The van der Waals surface area contributed by atoms with E-state index >= 15 is 0 Å². The third-order valence-corrected chi connectivity index (χ3v) is 3.03. The molecule has 1 aliphatic heterocycles. The molecule has 2 N–H and O–H groups in total. The molecule has 0 spiro atoms. The van der Waals surface area contributed by atoms with Crippen LogP contribution in [0.3, 0.4) is 0 Å². The second kappa shape index (κ2) is 5.64. The molecule has 0 aromatic rings. The summed E-state index contributed by atoms with van der Waals surface area (Å²) in [6.07, 6.45) is 2.47. The second-order valence-electron chi connectivity index (χ2n) is 5.12. The van der Waals surface area contributed by atoms with Crippen LogP contribution in [0.1, 0.15) is 33.6 Å². The topological polar surface area (TPSA) is 55.6 Å². The number of piperidine rings is 1. The highest BCUT2D eigenvalue weighted by molar-refractivity contribution is 5.80. The molecule has 0 radical (unpaired) electrons. The Labute approximate surface area is 98.1 Å². The normalized spacial score (nSPS) is 26.1. The molecule has 4 nitrogen and oxygen atoms in total. The molecule has 2 atom stereocenters. The smallest absolute Gasteiger partial charge is 0.327 e. The third-order valence-electron chi connectivity index (χ3n) is 3.03. The molecule has 0 bridgehead atoms. The van der Waals surface area contributed by atoms with Gasteiger partial charge in [-0.25, -0.2) is 0 Å². The van der Waals surface area contributed by atoms with Crippen LogP contribution in [0.25, 0.3) is 0 Å². The number of likely N-dealkylation sites (tertiary alicyclic amines) is 1. The van der Waals surface area contributed by atoms with E-state index in [2.05, 4.69) is 11.8 Å². The van der Waals surface area contributed by atoms with Crippen molar-refractivity contribution in [1.29, 1.82) is 0 Å². The maximum Gasteiger partial charge on any atom is 0.327 e. The van der Waals surface area contributed by atoms with E-state index in [-0.39, 0.29) is 5.97 Å². The lowest BCUT2D eigenvalue weighted by atomic mass is 9.97. The third kappa shape index (κ3) is 3.76. The van der Waals surface area contributed by atoms with Gasteiger partial charge in [-0.15, -0.1) is 0 Å². The average molecular weight is 228 g/mol. The fraction of sp³-hybridized carbons (Fsp3) is 0.917. The minimum Gasteiger partial charge on any atom is -0.465 e. The van der Waals surface area contributed by atoms with E-state index in [1.807, 2.05) is 0 Å². The molecule has 0 aromatic heterocycles. The fourth-order valence-electron chi connectivity index (χ4n) is 2.26. The first-order chi connectivity index (χ1) is 7.45. The summed E-state index contributed by atoms with van der Waals surface area (Å²) in [5, 5.41) is 0. The lowest BCUT2D eigenvalue weighted by Crippen LogP contribution is -2.56. The Morgan fingerprint density at radius 3 is 2.88 bits per heavy atom. The number of hydrogen-bond acceptors (Lipinski definition) is 4. The quantitative estimate of drug-likeness (QED) is 0.729. The minimum atomic E-state index is -0.882. The standard InChI is InChI=1S/C12H24N2O2/c1-4-16-11(15)12(3,13)9-14-7-5-6-10(2)8-14/h10H,4-9,13H2,1-3H3. The molecular formula is C12H24N2O2. The summed E-state index contributed by atoms with van der Waals surface area (Å²) in [5.41, 5.74) is 5.12. The number of nitrogens with two attached hydrogens (primary N) is 1. The van der Waals surface area contributed by atoms with E-state index in [0.29, 0.717) is 19.1 Å². The number of carbonyl (C=O) groups is 1. The van der Waals surface area contributed by atoms with E-state index in [4.69, 9.17) is 10.5 Å². The fourth-order valence-corrected chi connectivity index (χ4v) is 2.26. The van der Waals surface area contributed by atoms with Gasteiger partial charge in [0, 0.05) is 13.1 Å². The molecule has 4 heteroatoms. The van der Waals surface area contributed by atoms with Crippen LogP contribution in [0.5, 0.6) is 0 Å². The van der Waals surface area contributed by atoms with E-state index in [1.54, 1.807) is 13.8 Å². The van der Waals surface area contributed by atoms with Crippen molar-refractivity contribution in [3.05, 3.63) is 0 Å². The number of carbonyl (C=O) groups excluding carboxylic acids is 1. The lowest BCUT2D eigenvalue weighted by molar-refractivity contribution is -0.149. The van der Waals surface area contributed by atoms with Crippen molar-refractivity contribution < 1.29 is 9.53 Å². The summed E-state index contributed by atoms with van der Waals surface area (Å²) >= 11 is 0. The monoisotopic (exact) mass is 228 g/mol. The summed E-state index contributed by atoms with van der Waals surface area (Å²) in [6, 6.07) is 0.